The van der Waals surface area contributed by atoms with Crippen LogP contribution in [-0.2, 0) is 14.3 Å². The number of ether oxygens (including phenoxy) is 1. The van der Waals surface area contributed by atoms with E-state index in [9.17, 15) is 19.8 Å². The van der Waals surface area contributed by atoms with E-state index in [0.29, 0.717) is 0 Å². The van der Waals surface area contributed by atoms with Gasteiger partial charge in [0.25, 0.3) is 0 Å². The third-order valence-corrected chi connectivity index (χ3v) is 2.40. The van der Waals surface area contributed by atoms with E-state index in [1.807, 2.05) is 0 Å². The maximum atomic E-state index is 11.4. The van der Waals surface area contributed by atoms with Crippen molar-refractivity contribution in [1.29, 1.82) is 0 Å². The predicted molar refractivity (Wildman–Crippen MR) is 60.5 cm³/mol. The van der Waals surface area contributed by atoms with Gasteiger partial charge in [0.1, 0.15) is 18.3 Å². The standard InChI is InChI=1S/C11H18O7/c1-3-6(2)11(17)18-8(5-13)10(16)9(15)7(14)4-12/h3,5,7-10,12,14-16H,4H2,1-2H3/t7-,8+,9-,10-/m1/s1. The van der Waals surface area contributed by atoms with Gasteiger partial charge in [-0.1, -0.05) is 6.08 Å². The van der Waals surface area contributed by atoms with Crippen LogP contribution in [0.5, 0.6) is 0 Å². The summed E-state index contributed by atoms with van der Waals surface area (Å²) in [5.41, 5.74) is 0.228. The summed E-state index contributed by atoms with van der Waals surface area (Å²) in [4.78, 5) is 22.1. The molecular weight excluding hydrogens is 244 g/mol. The van der Waals surface area contributed by atoms with Gasteiger partial charge in [-0.3, -0.25) is 4.79 Å². The van der Waals surface area contributed by atoms with Crippen LogP contribution in [0, 0.1) is 0 Å². The van der Waals surface area contributed by atoms with Gasteiger partial charge in [0.2, 0.25) is 0 Å². The number of aliphatic hydroxyl groups is 4. The van der Waals surface area contributed by atoms with Crippen LogP contribution in [-0.4, -0.2) is 63.7 Å². The zero-order valence-corrected chi connectivity index (χ0v) is 10.2. The number of aldehydes is 1. The molecule has 0 bridgehead atoms. The van der Waals surface area contributed by atoms with Crippen molar-refractivity contribution in [3.05, 3.63) is 11.6 Å². The number of esters is 1. The molecule has 0 aromatic carbocycles. The lowest BCUT2D eigenvalue weighted by Crippen LogP contribution is -2.48. The van der Waals surface area contributed by atoms with E-state index in [-0.39, 0.29) is 11.9 Å². The number of hydrogen-bond donors (Lipinski definition) is 4. The highest BCUT2D eigenvalue weighted by molar-refractivity contribution is 5.88. The zero-order valence-electron chi connectivity index (χ0n) is 10.2. The van der Waals surface area contributed by atoms with Crippen LogP contribution in [0.2, 0.25) is 0 Å². The highest BCUT2D eigenvalue weighted by Gasteiger charge is 2.33. The molecule has 0 aliphatic carbocycles. The first-order chi connectivity index (χ1) is 8.38. The number of carbonyl (C=O) groups is 2. The molecule has 0 aliphatic heterocycles. The summed E-state index contributed by atoms with van der Waals surface area (Å²) in [5.74, 6) is -0.820. The quantitative estimate of drug-likeness (QED) is 0.241. The third kappa shape index (κ3) is 4.53. The van der Waals surface area contributed by atoms with Gasteiger partial charge in [-0.05, 0) is 13.8 Å². The summed E-state index contributed by atoms with van der Waals surface area (Å²) >= 11 is 0. The second-order valence-electron chi connectivity index (χ2n) is 3.71. The lowest BCUT2D eigenvalue weighted by atomic mass is 10.0. The number of allylic oxidation sites excluding steroid dienone is 1. The smallest absolute Gasteiger partial charge is 0.334 e. The molecule has 0 saturated carbocycles. The fourth-order valence-corrected chi connectivity index (χ4v) is 1.04. The van der Waals surface area contributed by atoms with E-state index in [0.717, 1.165) is 0 Å². The molecule has 0 spiro atoms. The summed E-state index contributed by atoms with van der Waals surface area (Å²) in [7, 11) is 0. The van der Waals surface area contributed by atoms with Crippen LogP contribution in [0.15, 0.2) is 11.6 Å². The summed E-state index contributed by atoms with van der Waals surface area (Å²) in [6, 6.07) is 0. The first kappa shape index (κ1) is 16.7. The molecule has 0 radical (unpaired) electrons. The normalized spacial score (nSPS) is 18.7. The van der Waals surface area contributed by atoms with Gasteiger partial charge in [-0.25, -0.2) is 4.79 Å². The molecule has 0 saturated heterocycles. The maximum absolute atomic E-state index is 11.4. The van der Waals surface area contributed by atoms with Crippen LogP contribution in [0.4, 0.5) is 0 Å². The molecule has 4 atom stereocenters. The molecule has 104 valence electrons. The second kappa shape index (κ2) is 7.93. The Hall–Kier alpha value is -1.28. The predicted octanol–water partition coefficient (Wildman–Crippen LogP) is -1.86. The highest BCUT2D eigenvalue weighted by atomic mass is 16.6. The third-order valence-electron chi connectivity index (χ3n) is 2.40. The highest BCUT2D eigenvalue weighted by Crippen LogP contribution is 2.09. The summed E-state index contributed by atoms with van der Waals surface area (Å²) in [6.07, 6.45) is -5.29. The monoisotopic (exact) mass is 262 g/mol. The molecule has 18 heavy (non-hydrogen) atoms. The van der Waals surface area contributed by atoms with Crippen molar-refractivity contribution in [3.8, 4) is 0 Å². The molecule has 0 fully saturated rings. The van der Waals surface area contributed by atoms with Crippen LogP contribution in [0.25, 0.3) is 0 Å². The Balaban J connectivity index is 4.68. The molecule has 0 aliphatic rings. The molecule has 0 heterocycles. The topological polar surface area (TPSA) is 124 Å². The Morgan fingerprint density at radius 1 is 1.28 bits per heavy atom. The molecule has 0 amide bonds. The van der Waals surface area contributed by atoms with Gasteiger partial charge in [0, 0.05) is 5.57 Å². The van der Waals surface area contributed by atoms with Gasteiger partial charge < -0.3 is 25.2 Å². The van der Waals surface area contributed by atoms with Gasteiger partial charge in [0.05, 0.1) is 6.61 Å². The number of rotatable bonds is 7. The van der Waals surface area contributed by atoms with Crippen LogP contribution >= 0.6 is 0 Å². The Morgan fingerprint density at radius 2 is 1.83 bits per heavy atom. The Bertz CT molecular complexity index is 313. The minimum atomic E-state index is -1.82. The second-order valence-corrected chi connectivity index (χ2v) is 3.71. The van der Waals surface area contributed by atoms with Crippen molar-refractivity contribution in [2.75, 3.05) is 6.61 Å². The van der Waals surface area contributed by atoms with E-state index >= 15 is 0 Å². The molecule has 0 unspecified atom stereocenters. The molecule has 0 aromatic heterocycles. The largest absolute Gasteiger partial charge is 0.448 e. The summed E-state index contributed by atoms with van der Waals surface area (Å²) in [6.45, 7) is 2.24. The van der Waals surface area contributed by atoms with Crippen molar-refractivity contribution < 1.29 is 34.8 Å². The molecule has 0 aromatic rings. The number of carbonyl (C=O) groups excluding carboxylic acids is 2. The SMILES string of the molecule is CC=C(C)C(=O)O[C@@H](C=O)[C@@H](O)[C@H](O)[C@H](O)CO. The zero-order chi connectivity index (χ0) is 14.3. The average Bonchev–Trinajstić information content (AvgIpc) is 2.40. The Labute approximate surface area is 104 Å². The minimum Gasteiger partial charge on any atom is -0.448 e. The van der Waals surface area contributed by atoms with Crippen molar-refractivity contribution in [2.24, 2.45) is 0 Å². The maximum Gasteiger partial charge on any atom is 0.334 e. The molecule has 7 heteroatoms. The van der Waals surface area contributed by atoms with Crippen LogP contribution in [0.1, 0.15) is 13.8 Å². The minimum absolute atomic E-state index is 0.138. The van der Waals surface area contributed by atoms with Crippen molar-refractivity contribution in [2.45, 2.75) is 38.3 Å². The fraction of sp³-hybridized carbons (Fsp3) is 0.636. The number of aliphatic hydroxyl groups excluding tert-OH is 4. The van der Waals surface area contributed by atoms with Gasteiger partial charge in [0.15, 0.2) is 12.4 Å². The van der Waals surface area contributed by atoms with E-state index in [4.69, 9.17) is 10.2 Å². The fourth-order valence-electron chi connectivity index (χ4n) is 1.04. The summed E-state index contributed by atoms with van der Waals surface area (Å²) in [5, 5.41) is 36.6. The van der Waals surface area contributed by atoms with E-state index < -0.39 is 37.0 Å². The summed E-state index contributed by atoms with van der Waals surface area (Å²) < 4.78 is 4.65. The molecular formula is C11H18O7. The Morgan fingerprint density at radius 3 is 2.22 bits per heavy atom. The molecule has 0 rings (SSSR count). The van der Waals surface area contributed by atoms with Gasteiger partial charge in [-0.15, -0.1) is 0 Å². The number of hydrogen-bond acceptors (Lipinski definition) is 7. The molecule has 4 N–H and O–H groups in total. The first-order valence-corrected chi connectivity index (χ1v) is 5.33. The van der Waals surface area contributed by atoms with E-state index in [2.05, 4.69) is 4.74 Å². The Kier molecular flexibility index (Phi) is 7.37. The molecule has 7 nitrogen and oxygen atoms in total. The van der Waals surface area contributed by atoms with Crippen molar-refractivity contribution in [3.63, 3.8) is 0 Å². The van der Waals surface area contributed by atoms with Crippen molar-refractivity contribution in [1.82, 2.24) is 0 Å². The van der Waals surface area contributed by atoms with Gasteiger partial charge >= 0.3 is 5.97 Å². The average molecular weight is 262 g/mol. The lowest BCUT2D eigenvalue weighted by Gasteiger charge is -2.25. The van der Waals surface area contributed by atoms with E-state index in [1.54, 1.807) is 6.92 Å². The first-order valence-electron chi connectivity index (χ1n) is 5.33. The van der Waals surface area contributed by atoms with Crippen LogP contribution < -0.4 is 0 Å². The van der Waals surface area contributed by atoms with Crippen molar-refractivity contribution >= 4 is 12.3 Å². The van der Waals surface area contributed by atoms with E-state index in [1.165, 1.54) is 13.0 Å². The van der Waals surface area contributed by atoms with Crippen LogP contribution in [0.3, 0.4) is 0 Å². The van der Waals surface area contributed by atoms with Gasteiger partial charge in [-0.2, -0.15) is 0 Å². The lowest BCUT2D eigenvalue weighted by molar-refractivity contribution is -0.164.